The molecule has 1 atom stereocenters. The van der Waals surface area contributed by atoms with Gasteiger partial charge < -0.3 is 4.74 Å². The van der Waals surface area contributed by atoms with Gasteiger partial charge in [-0.2, -0.15) is 0 Å². The number of rotatable bonds is 14. The van der Waals surface area contributed by atoms with Gasteiger partial charge in [0.15, 0.2) is 0 Å². The molecule has 28 heavy (non-hydrogen) atoms. The lowest BCUT2D eigenvalue weighted by Gasteiger charge is -2.15. The molecule has 1 aliphatic rings. The van der Waals surface area contributed by atoms with E-state index in [0.717, 1.165) is 17.9 Å². The van der Waals surface area contributed by atoms with Gasteiger partial charge in [-0.15, -0.1) is 11.8 Å². The first kappa shape index (κ1) is 22.8. The third-order valence-electron chi connectivity index (χ3n) is 5.25. The maximum absolute atomic E-state index is 12.6. The number of carbonyl (C=O) groups is 2. The number of methoxy groups -OCH3 is 1. The van der Waals surface area contributed by atoms with Gasteiger partial charge in [-0.3, -0.25) is 9.59 Å². The average molecular weight is 406 g/mol. The van der Waals surface area contributed by atoms with Crippen molar-refractivity contribution < 1.29 is 14.3 Å². The second kappa shape index (κ2) is 12.9. The summed E-state index contributed by atoms with van der Waals surface area (Å²) in [6.45, 7) is 2.25. The molecule has 1 aromatic rings. The van der Waals surface area contributed by atoms with Gasteiger partial charge in [0.05, 0.1) is 18.0 Å². The summed E-state index contributed by atoms with van der Waals surface area (Å²) in [5.74, 6) is 1.49. The maximum Gasteiger partial charge on any atom is 0.247 e. The van der Waals surface area contributed by atoms with Crippen molar-refractivity contribution in [2.45, 2.75) is 82.8 Å². The van der Waals surface area contributed by atoms with Crippen LogP contribution in [-0.4, -0.2) is 29.9 Å². The van der Waals surface area contributed by atoms with Crippen molar-refractivity contribution in [3.8, 4) is 5.75 Å². The molecule has 1 aliphatic heterocycles. The molecule has 0 aromatic heterocycles. The zero-order chi connectivity index (χ0) is 20.2. The van der Waals surface area contributed by atoms with Crippen molar-refractivity contribution in [3.05, 3.63) is 24.3 Å². The SMILES string of the molecule is CCCCCCCCCCCCS[C@H]1CC(=O)N(c2ccc(OC)cc2)C1=O. The lowest BCUT2D eigenvalue weighted by molar-refractivity contribution is -0.121. The summed E-state index contributed by atoms with van der Waals surface area (Å²) in [4.78, 5) is 26.3. The highest BCUT2D eigenvalue weighted by atomic mass is 32.2. The Bertz CT molecular complexity index is 602. The van der Waals surface area contributed by atoms with Crippen LogP contribution in [0.3, 0.4) is 0 Å². The van der Waals surface area contributed by atoms with Crippen LogP contribution < -0.4 is 9.64 Å². The van der Waals surface area contributed by atoms with Crippen molar-refractivity contribution in [2.24, 2.45) is 0 Å². The van der Waals surface area contributed by atoms with E-state index in [1.165, 1.54) is 62.7 Å². The molecule has 2 amide bonds. The van der Waals surface area contributed by atoms with E-state index < -0.39 is 0 Å². The Morgan fingerprint density at radius 2 is 1.50 bits per heavy atom. The third kappa shape index (κ3) is 7.16. The maximum atomic E-state index is 12.6. The standard InChI is InChI=1S/C23H35NO3S/c1-3-4-5-6-7-8-9-10-11-12-17-28-21-18-22(25)24(23(21)26)19-13-15-20(27-2)16-14-19/h13-16,21H,3-12,17-18H2,1-2H3/t21-/m0/s1. The predicted molar refractivity (Wildman–Crippen MR) is 118 cm³/mol. The molecule has 0 aliphatic carbocycles. The molecule has 0 bridgehead atoms. The van der Waals surface area contributed by atoms with Crippen LogP contribution in [-0.2, 0) is 9.59 Å². The monoisotopic (exact) mass is 405 g/mol. The summed E-state index contributed by atoms with van der Waals surface area (Å²) < 4.78 is 5.14. The number of thioether (sulfide) groups is 1. The molecule has 0 unspecified atom stereocenters. The molecule has 5 heteroatoms. The lowest BCUT2D eigenvalue weighted by Crippen LogP contribution is -2.31. The molecule has 156 valence electrons. The van der Waals surface area contributed by atoms with E-state index in [2.05, 4.69) is 6.92 Å². The van der Waals surface area contributed by atoms with Gasteiger partial charge in [0.2, 0.25) is 11.8 Å². The lowest BCUT2D eigenvalue weighted by atomic mass is 10.1. The molecule has 1 fully saturated rings. The second-order valence-corrected chi connectivity index (χ2v) is 8.82. The van der Waals surface area contributed by atoms with E-state index in [9.17, 15) is 9.59 Å². The summed E-state index contributed by atoms with van der Waals surface area (Å²) in [5.41, 5.74) is 0.637. The molecule has 1 heterocycles. The van der Waals surface area contributed by atoms with E-state index >= 15 is 0 Å². The topological polar surface area (TPSA) is 46.6 Å². The van der Waals surface area contributed by atoms with Gasteiger partial charge in [0.25, 0.3) is 0 Å². The zero-order valence-corrected chi connectivity index (χ0v) is 18.3. The van der Waals surface area contributed by atoms with E-state index in [1.54, 1.807) is 43.1 Å². The zero-order valence-electron chi connectivity index (χ0n) is 17.5. The van der Waals surface area contributed by atoms with Crippen LogP contribution >= 0.6 is 11.8 Å². The van der Waals surface area contributed by atoms with E-state index in [0.29, 0.717) is 12.1 Å². The van der Waals surface area contributed by atoms with Crippen LogP contribution in [0.25, 0.3) is 0 Å². The largest absolute Gasteiger partial charge is 0.497 e. The number of imide groups is 1. The molecule has 0 saturated carbocycles. The van der Waals surface area contributed by atoms with Crippen LogP contribution in [0.2, 0.25) is 0 Å². The van der Waals surface area contributed by atoms with Gasteiger partial charge in [0.1, 0.15) is 5.75 Å². The fraction of sp³-hybridized carbons (Fsp3) is 0.652. The minimum atomic E-state index is -0.229. The Kier molecular flexibility index (Phi) is 10.5. The first-order valence-electron chi connectivity index (χ1n) is 10.8. The Labute approximate surface area is 174 Å². The first-order chi connectivity index (χ1) is 13.7. The minimum absolute atomic E-state index is 0.0766. The molecular weight excluding hydrogens is 370 g/mol. The Morgan fingerprint density at radius 3 is 2.07 bits per heavy atom. The number of anilines is 1. The second-order valence-electron chi connectivity index (χ2n) is 7.51. The summed E-state index contributed by atoms with van der Waals surface area (Å²) in [6.07, 6.45) is 13.4. The van der Waals surface area contributed by atoms with Gasteiger partial charge in [0, 0.05) is 6.42 Å². The highest BCUT2D eigenvalue weighted by molar-refractivity contribution is 8.00. The molecular formula is C23H35NO3S. The van der Waals surface area contributed by atoms with Crippen molar-refractivity contribution in [1.29, 1.82) is 0 Å². The summed E-state index contributed by atoms with van der Waals surface area (Å²) in [6, 6.07) is 7.09. The highest BCUT2D eigenvalue weighted by Gasteiger charge is 2.39. The highest BCUT2D eigenvalue weighted by Crippen LogP contribution is 2.31. The predicted octanol–water partition coefficient (Wildman–Crippen LogP) is 5.98. The minimum Gasteiger partial charge on any atom is -0.497 e. The van der Waals surface area contributed by atoms with Gasteiger partial charge >= 0.3 is 0 Å². The number of hydrogen-bond acceptors (Lipinski definition) is 4. The number of ether oxygens (including phenoxy) is 1. The summed E-state index contributed by atoms with van der Waals surface area (Å²) in [5, 5.41) is -0.229. The van der Waals surface area contributed by atoms with E-state index in [4.69, 9.17) is 4.74 Å². The van der Waals surface area contributed by atoms with Crippen LogP contribution in [0.5, 0.6) is 5.75 Å². The Morgan fingerprint density at radius 1 is 0.929 bits per heavy atom. The van der Waals surface area contributed by atoms with Crippen LogP contribution in [0.15, 0.2) is 24.3 Å². The summed E-state index contributed by atoms with van der Waals surface area (Å²) in [7, 11) is 1.60. The molecule has 4 nitrogen and oxygen atoms in total. The average Bonchev–Trinajstić information content (AvgIpc) is 2.99. The van der Waals surface area contributed by atoms with Crippen molar-refractivity contribution in [2.75, 3.05) is 17.8 Å². The number of unbranched alkanes of at least 4 members (excludes halogenated alkanes) is 9. The molecule has 0 radical (unpaired) electrons. The van der Waals surface area contributed by atoms with Crippen LogP contribution in [0, 0.1) is 0 Å². The van der Waals surface area contributed by atoms with Crippen LogP contribution in [0.1, 0.15) is 77.6 Å². The molecule has 2 rings (SSSR count). The van der Waals surface area contributed by atoms with Crippen molar-refractivity contribution in [3.63, 3.8) is 0 Å². The molecule has 1 saturated heterocycles. The Hall–Kier alpha value is -1.49. The molecule has 1 aromatic carbocycles. The Balaban J connectivity index is 1.60. The van der Waals surface area contributed by atoms with Gasteiger partial charge in [-0.05, 0) is 36.4 Å². The smallest absolute Gasteiger partial charge is 0.247 e. The van der Waals surface area contributed by atoms with Crippen LogP contribution in [0.4, 0.5) is 5.69 Å². The molecule has 0 spiro atoms. The number of nitrogens with zero attached hydrogens (tertiary/aromatic N) is 1. The fourth-order valence-electron chi connectivity index (χ4n) is 3.55. The number of hydrogen-bond donors (Lipinski definition) is 0. The molecule has 0 N–H and O–H groups in total. The quantitative estimate of drug-likeness (QED) is 0.282. The first-order valence-corrected chi connectivity index (χ1v) is 11.8. The van der Waals surface area contributed by atoms with E-state index in [1.807, 2.05) is 0 Å². The number of amides is 2. The number of carbonyl (C=O) groups excluding carboxylic acids is 2. The van der Waals surface area contributed by atoms with Gasteiger partial charge in [-0.1, -0.05) is 64.7 Å². The van der Waals surface area contributed by atoms with E-state index in [-0.39, 0.29) is 17.1 Å². The van der Waals surface area contributed by atoms with Gasteiger partial charge in [-0.25, -0.2) is 4.90 Å². The normalized spacial score (nSPS) is 16.8. The number of benzene rings is 1. The van der Waals surface area contributed by atoms with Crippen molar-refractivity contribution in [1.82, 2.24) is 0 Å². The summed E-state index contributed by atoms with van der Waals surface area (Å²) >= 11 is 1.64. The van der Waals surface area contributed by atoms with Crippen molar-refractivity contribution >= 4 is 29.3 Å². The fourth-order valence-corrected chi connectivity index (χ4v) is 4.72. The third-order valence-corrected chi connectivity index (χ3v) is 6.55.